The summed E-state index contributed by atoms with van der Waals surface area (Å²) in [5.74, 6) is 0.260. The molecule has 2 N–H and O–H groups in total. The summed E-state index contributed by atoms with van der Waals surface area (Å²) < 4.78 is 5.12. The summed E-state index contributed by atoms with van der Waals surface area (Å²) >= 11 is 0. The van der Waals surface area contributed by atoms with E-state index in [2.05, 4.69) is 5.32 Å². The number of rotatable bonds is 11. The summed E-state index contributed by atoms with van der Waals surface area (Å²) in [6.45, 7) is 1.38. The fourth-order valence-corrected chi connectivity index (χ4v) is 3.13. The van der Waals surface area contributed by atoms with Crippen molar-refractivity contribution in [2.24, 2.45) is 5.92 Å². The van der Waals surface area contributed by atoms with Crippen molar-refractivity contribution >= 4 is 11.9 Å². The number of aliphatic hydroxyl groups is 1. The molecule has 0 heterocycles. The smallest absolute Gasteiger partial charge is 0.306 e. The number of unbranched alkanes of at least 4 members (excludes halogenated alkanes) is 3. The lowest BCUT2D eigenvalue weighted by molar-refractivity contribution is -0.145. The molecule has 1 amide bonds. The van der Waals surface area contributed by atoms with E-state index in [4.69, 9.17) is 9.84 Å². The summed E-state index contributed by atoms with van der Waals surface area (Å²) in [6, 6.07) is 0. The molecule has 1 rings (SSSR count). The van der Waals surface area contributed by atoms with Crippen LogP contribution in [0, 0.1) is 5.92 Å². The number of aliphatic hydroxyl groups excluding tert-OH is 1. The Morgan fingerprint density at radius 1 is 0.917 bits per heavy atom. The standard InChI is InChI=1S/C19H35NO4/c21-14-8-4-5-9-15-24-19(23)13-12-18(22)20-16-17-10-6-2-1-3-7-11-17/h17,21H,1-16H2,(H,20,22). The highest BCUT2D eigenvalue weighted by Gasteiger charge is 2.13. The van der Waals surface area contributed by atoms with E-state index in [0.29, 0.717) is 12.5 Å². The molecular formula is C19H35NO4. The summed E-state index contributed by atoms with van der Waals surface area (Å²) in [6.07, 6.45) is 12.8. The van der Waals surface area contributed by atoms with Crippen LogP contribution in [-0.2, 0) is 14.3 Å². The maximum absolute atomic E-state index is 11.8. The minimum atomic E-state index is -0.293. The fraction of sp³-hybridized carbons (Fsp3) is 0.895. The maximum atomic E-state index is 11.8. The van der Waals surface area contributed by atoms with Crippen LogP contribution < -0.4 is 5.32 Å². The van der Waals surface area contributed by atoms with Gasteiger partial charge >= 0.3 is 5.97 Å². The fourth-order valence-electron chi connectivity index (χ4n) is 3.13. The largest absolute Gasteiger partial charge is 0.466 e. The lowest BCUT2D eigenvalue weighted by Gasteiger charge is -2.19. The molecule has 0 atom stereocenters. The van der Waals surface area contributed by atoms with E-state index < -0.39 is 0 Å². The molecule has 0 aromatic heterocycles. The van der Waals surface area contributed by atoms with Gasteiger partial charge in [-0.3, -0.25) is 9.59 Å². The quantitative estimate of drug-likeness (QED) is 0.446. The van der Waals surface area contributed by atoms with Gasteiger partial charge in [0.05, 0.1) is 13.0 Å². The predicted octanol–water partition coefficient (Wildman–Crippen LogP) is 3.34. The zero-order chi connectivity index (χ0) is 17.5. The molecule has 0 bridgehead atoms. The van der Waals surface area contributed by atoms with Gasteiger partial charge in [-0.1, -0.05) is 38.5 Å². The van der Waals surface area contributed by atoms with Gasteiger partial charge in [-0.05, 0) is 38.0 Å². The van der Waals surface area contributed by atoms with Crippen LogP contribution in [-0.4, -0.2) is 36.7 Å². The van der Waals surface area contributed by atoms with E-state index in [1.54, 1.807) is 0 Å². The summed E-state index contributed by atoms with van der Waals surface area (Å²) in [7, 11) is 0. The van der Waals surface area contributed by atoms with Gasteiger partial charge in [0.15, 0.2) is 0 Å². The number of amides is 1. The molecule has 140 valence electrons. The monoisotopic (exact) mass is 341 g/mol. The Morgan fingerprint density at radius 3 is 2.29 bits per heavy atom. The van der Waals surface area contributed by atoms with Crippen LogP contribution in [0.2, 0.25) is 0 Å². The van der Waals surface area contributed by atoms with Crippen LogP contribution in [0.4, 0.5) is 0 Å². The number of hydrogen-bond donors (Lipinski definition) is 2. The highest BCUT2D eigenvalue weighted by molar-refractivity contribution is 5.81. The molecule has 5 nitrogen and oxygen atoms in total. The zero-order valence-corrected chi connectivity index (χ0v) is 15.1. The van der Waals surface area contributed by atoms with E-state index >= 15 is 0 Å². The first-order valence-corrected chi connectivity index (χ1v) is 9.75. The molecule has 5 heteroatoms. The third kappa shape index (κ3) is 11.4. The first-order valence-electron chi connectivity index (χ1n) is 9.75. The van der Waals surface area contributed by atoms with Crippen molar-refractivity contribution < 1.29 is 19.4 Å². The van der Waals surface area contributed by atoms with Crippen molar-refractivity contribution in [3.63, 3.8) is 0 Å². The zero-order valence-electron chi connectivity index (χ0n) is 15.1. The van der Waals surface area contributed by atoms with Crippen LogP contribution in [0.1, 0.15) is 83.5 Å². The molecule has 24 heavy (non-hydrogen) atoms. The van der Waals surface area contributed by atoms with Gasteiger partial charge in [0, 0.05) is 19.6 Å². The Balaban J connectivity index is 2.00. The normalized spacial score (nSPS) is 16.2. The van der Waals surface area contributed by atoms with Crippen LogP contribution in [0.25, 0.3) is 0 Å². The van der Waals surface area contributed by atoms with E-state index in [9.17, 15) is 9.59 Å². The van der Waals surface area contributed by atoms with Gasteiger partial charge in [-0.25, -0.2) is 0 Å². The Labute approximate surface area is 146 Å². The van der Waals surface area contributed by atoms with Crippen molar-refractivity contribution in [2.75, 3.05) is 19.8 Å². The third-order valence-electron chi connectivity index (χ3n) is 4.68. The van der Waals surface area contributed by atoms with Crippen molar-refractivity contribution in [2.45, 2.75) is 83.5 Å². The molecule has 0 spiro atoms. The molecular weight excluding hydrogens is 306 g/mol. The summed E-state index contributed by atoms with van der Waals surface area (Å²) in [4.78, 5) is 23.4. The number of hydrogen-bond acceptors (Lipinski definition) is 4. The van der Waals surface area contributed by atoms with Crippen molar-refractivity contribution in [3.8, 4) is 0 Å². The first-order chi connectivity index (χ1) is 11.7. The third-order valence-corrected chi connectivity index (χ3v) is 4.68. The van der Waals surface area contributed by atoms with Crippen LogP contribution in [0.15, 0.2) is 0 Å². The number of carbonyl (C=O) groups excluding carboxylic acids is 2. The lowest BCUT2D eigenvalue weighted by atomic mass is 9.91. The Morgan fingerprint density at radius 2 is 1.58 bits per heavy atom. The van der Waals surface area contributed by atoms with Gasteiger partial charge in [0.25, 0.3) is 0 Å². The molecule has 1 aliphatic carbocycles. The van der Waals surface area contributed by atoms with Crippen LogP contribution in [0.5, 0.6) is 0 Å². The van der Waals surface area contributed by atoms with E-state index in [0.717, 1.165) is 32.2 Å². The van der Waals surface area contributed by atoms with Crippen LogP contribution >= 0.6 is 0 Å². The average Bonchev–Trinajstić information content (AvgIpc) is 2.55. The second-order valence-electron chi connectivity index (χ2n) is 6.87. The van der Waals surface area contributed by atoms with Crippen molar-refractivity contribution in [3.05, 3.63) is 0 Å². The molecule has 0 aromatic carbocycles. The Hall–Kier alpha value is -1.10. The van der Waals surface area contributed by atoms with Gasteiger partial charge in [-0.2, -0.15) is 0 Å². The predicted molar refractivity (Wildman–Crippen MR) is 94.6 cm³/mol. The van der Waals surface area contributed by atoms with Crippen LogP contribution in [0.3, 0.4) is 0 Å². The second-order valence-corrected chi connectivity index (χ2v) is 6.87. The SMILES string of the molecule is O=C(CCC(=O)OCCCCCCO)NCC1CCCCCCC1. The number of ether oxygens (including phenoxy) is 1. The van der Waals surface area contributed by atoms with Crippen molar-refractivity contribution in [1.29, 1.82) is 0 Å². The highest BCUT2D eigenvalue weighted by atomic mass is 16.5. The maximum Gasteiger partial charge on any atom is 0.306 e. The van der Waals surface area contributed by atoms with Gasteiger partial charge in [-0.15, -0.1) is 0 Å². The Bertz CT molecular complexity index is 338. The van der Waals surface area contributed by atoms with E-state index in [-0.39, 0.29) is 31.3 Å². The topological polar surface area (TPSA) is 75.6 Å². The molecule has 0 radical (unpaired) electrons. The number of nitrogens with one attached hydrogen (secondary N) is 1. The molecule has 0 unspecified atom stereocenters. The average molecular weight is 341 g/mol. The van der Waals surface area contributed by atoms with Gasteiger partial charge in [0.2, 0.25) is 5.91 Å². The minimum absolute atomic E-state index is 0.0445. The highest BCUT2D eigenvalue weighted by Crippen LogP contribution is 2.21. The number of carbonyl (C=O) groups is 2. The van der Waals surface area contributed by atoms with Gasteiger partial charge in [0.1, 0.15) is 0 Å². The van der Waals surface area contributed by atoms with E-state index in [1.807, 2.05) is 0 Å². The summed E-state index contributed by atoms with van der Waals surface area (Å²) in [5, 5.41) is 11.6. The molecule has 0 saturated heterocycles. The molecule has 0 aliphatic heterocycles. The molecule has 0 aromatic rings. The second kappa shape index (κ2) is 14.3. The lowest BCUT2D eigenvalue weighted by Crippen LogP contribution is -2.30. The number of esters is 1. The molecule has 1 saturated carbocycles. The minimum Gasteiger partial charge on any atom is -0.466 e. The molecule has 1 aliphatic rings. The first kappa shape index (κ1) is 20.9. The Kier molecular flexibility index (Phi) is 12.4. The van der Waals surface area contributed by atoms with Crippen molar-refractivity contribution in [1.82, 2.24) is 5.32 Å². The molecule has 1 fully saturated rings. The van der Waals surface area contributed by atoms with Gasteiger partial charge < -0.3 is 15.2 Å². The summed E-state index contributed by atoms with van der Waals surface area (Å²) in [5.41, 5.74) is 0. The van der Waals surface area contributed by atoms with E-state index in [1.165, 1.54) is 44.9 Å².